The van der Waals surface area contributed by atoms with Crippen LogP contribution in [0.4, 0.5) is 0 Å². The Bertz CT molecular complexity index is 1190. The normalized spacial score (nSPS) is 14.0. The second-order valence-electron chi connectivity index (χ2n) is 8.47. The minimum absolute atomic E-state index is 0.0304. The van der Waals surface area contributed by atoms with Crippen molar-refractivity contribution in [2.75, 3.05) is 0 Å². The monoisotopic (exact) mass is 389 g/mol. The highest BCUT2D eigenvalue weighted by atomic mass is 16.5. The SMILES string of the molecule is CC(C)(C)n1nc2c(c1-n1cccc1)CN(C(=O)Cc1noc3ccccc13)C2. The van der Waals surface area contributed by atoms with Gasteiger partial charge in [-0.1, -0.05) is 17.3 Å². The molecule has 29 heavy (non-hydrogen) atoms. The molecule has 4 aromatic rings. The van der Waals surface area contributed by atoms with E-state index in [1.165, 1.54) is 0 Å². The molecule has 3 aromatic heterocycles. The van der Waals surface area contributed by atoms with Gasteiger partial charge < -0.3 is 14.0 Å². The van der Waals surface area contributed by atoms with Gasteiger partial charge in [-0.25, -0.2) is 4.68 Å². The van der Waals surface area contributed by atoms with E-state index in [1.54, 1.807) is 0 Å². The number of hydrogen-bond donors (Lipinski definition) is 0. The molecule has 1 aromatic carbocycles. The highest BCUT2D eigenvalue weighted by Gasteiger charge is 2.33. The Kier molecular flexibility index (Phi) is 3.87. The summed E-state index contributed by atoms with van der Waals surface area (Å²) < 4.78 is 9.48. The molecule has 0 saturated heterocycles. The molecule has 1 amide bonds. The van der Waals surface area contributed by atoms with Crippen molar-refractivity contribution < 1.29 is 9.32 Å². The molecule has 0 unspecified atom stereocenters. The van der Waals surface area contributed by atoms with Gasteiger partial charge in [-0.3, -0.25) is 4.79 Å². The molecule has 0 radical (unpaired) electrons. The zero-order chi connectivity index (χ0) is 20.2. The minimum atomic E-state index is -0.154. The first kappa shape index (κ1) is 17.7. The van der Waals surface area contributed by atoms with Crippen molar-refractivity contribution in [3.8, 4) is 5.82 Å². The maximum Gasteiger partial charge on any atom is 0.229 e. The summed E-state index contributed by atoms with van der Waals surface area (Å²) in [5.41, 5.74) is 3.30. The van der Waals surface area contributed by atoms with E-state index in [9.17, 15) is 4.79 Å². The van der Waals surface area contributed by atoms with E-state index in [-0.39, 0.29) is 17.9 Å². The number of nitrogens with zero attached hydrogens (tertiary/aromatic N) is 5. The third-order valence-electron chi connectivity index (χ3n) is 5.34. The summed E-state index contributed by atoms with van der Waals surface area (Å²) in [7, 11) is 0. The van der Waals surface area contributed by atoms with Gasteiger partial charge >= 0.3 is 0 Å². The van der Waals surface area contributed by atoms with Crippen molar-refractivity contribution in [3.63, 3.8) is 0 Å². The van der Waals surface area contributed by atoms with E-state index < -0.39 is 0 Å². The van der Waals surface area contributed by atoms with E-state index in [2.05, 4.69) is 35.2 Å². The predicted molar refractivity (Wildman–Crippen MR) is 109 cm³/mol. The highest BCUT2D eigenvalue weighted by Crippen LogP contribution is 2.32. The number of benzene rings is 1. The van der Waals surface area contributed by atoms with Crippen LogP contribution < -0.4 is 0 Å². The van der Waals surface area contributed by atoms with E-state index in [4.69, 9.17) is 9.62 Å². The Balaban J connectivity index is 1.43. The van der Waals surface area contributed by atoms with E-state index in [1.807, 2.05) is 53.7 Å². The van der Waals surface area contributed by atoms with Gasteiger partial charge in [0.15, 0.2) is 5.58 Å². The number of carbonyl (C=O) groups is 1. The molecule has 7 nitrogen and oxygen atoms in total. The first-order valence-electron chi connectivity index (χ1n) is 9.77. The summed E-state index contributed by atoms with van der Waals surface area (Å²) in [5.74, 6) is 1.06. The maximum atomic E-state index is 13.0. The van der Waals surface area contributed by atoms with Crippen molar-refractivity contribution in [2.45, 2.75) is 45.8 Å². The van der Waals surface area contributed by atoms with Crippen LogP contribution in [0, 0.1) is 0 Å². The van der Waals surface area contributed by atoms with Gasteiger partial charge in [0, 0.05) is 23.3 Å². The number of hydrogen-bond acceptors (Lipinski definition) is 4. The van der Waals surface area contributed by atoms with Gasteiger partial charge in [0.05, 0.1) is 30.7 Å². The third-order valence-corrected chi connectivity index (χ3v) is 5.34. The van der Waals surface area contributed by atoms with Crippen molar-refractivity contribution in [1.82, 2.24) is 24.4 Å². The Morgan fingerprint density at radius 1 is 1.10 bits per heavy atom. The fraction of sp³-hybridized carbons (Fsp3) is 0.318. The van der Waals surface area contributed by atoms with Gasteiger partial charge in [-0.05, 0) is 45.0 Å². The lowest BCUT2D eigenvalue weighted by Crippen LogP contribution is -2.30. The molecule has 4 heterocycles. The molecule has 0 fully saturated rings. The summed E-state index contributed by atoms with van der Waals surface area (Å²) >= 11 is 0. The van der Waals surface area contributed by atoms with E-state index >= 15 is 0 Å². The largest absolute Gasteiger partial charge is 0.356 e. The van der Waals surface area contributed by atoms with Crippen molar-refractivity contribution in [3.05, 3.63) is 65.7 Å². The molecule has 148 valence electrons. The summed E-state index contributed by atoms with van der Waals surface area (Å²) in [6.45, 7) is 7.48. The predicted octanol–water partition coefficient (Wildman–Crippen LogP) is 3.65. The zero-order valence-corrected chi connectivity index (χ0v) is 16.8. The third kappa shape index (κ3) is 2.93. The van der Waals surface area contributed by atoms with Gasteiger partial charge in [-0.15, -0.1) is 0 Å². The molecule has 0 saturated carbocycles. The maximum absolute atomic E-state index is 13.0. The molecule has 0 aliphatic carbocycles. The Morgan fingerprint density at radius 2 is 1.86 bits per heavy atom. The standard InChI is InChI=1S/C22H23N5O2/c1-22(2,3)27-21(25-10-6-7-11-25)16-13-26(14-18(16)23-27)20(28)12-17-15-8-4-5-9-19(15)29-24-17/h4-11H,12-14H2,1-3H3. The van der Waals surface area contributed by atoms with Crippen LogP contribution in [0.2, 0.25) is 0 Å². The lowest BCUT2D eigenvalue weighted by molar-refractivity contribution is -0.131. The van der Waals surface area contributed by atoms with Crippen LogP contribution in [0.3, 0.4) is 0 Å². The van der Waals surface area contributed by atoms with E-state index in [0.717, 1.165) is 22.5 Å². The Labute approximate surface area is 168 Å². The van der Waals surface area contributed by atoms with Crippen LogP contribution in [0.5, 0.6) is 0 Å². The molecule has 0 bridgehead atoms. The lowest BCUT2D eigenvalue weighted by atomic mass is 10.1. The van der Waals surface area contributed by atoms with Crippen molar-refractivity contribution in [2.24, 2.45) is 0 Å². The highest BCUT2D eigenvalue weighted by molar-refractivity contribution is 5.86. The Morgan fingerprint density at radius 3 is 2.62 bits per heavy atom. The fourth-order valence-corrected chi connectivity index (χ4v) is 3.91. The average Bonchev–Trinajstić information content (AvgIpc) is 3.44. The second-order valence-corrected chi connectivity index (χ2v) is 8.47. The molecule has 1 aliphatic heterocycles. The minimum Gasteiger partial charge on any atom is -0.356 e. The first-order valence-corrected chi connectivity index (χ1v) is 9.77. The zero-order valence-electron chi connectivity index (χ0n) is 16.8. The molecule has 5 rings (SSSR count). The van der Waals surface area contributed by atoms with Crippen molar-refractivity contribution >= 4 is 16.9 Å². The summed E-state index contributed by atoms with van der Waals surface area (Å²) in [4.78, 5) is 14.9. The summed E-state index contributed by atoms with van der Waals surface area (Å²) in [6.07, 6.45) is 4.26. The van der Waals surface area contributed by atoms with Gasteiger partial charge in [0.1, 0.15) is 11.5 Å². The molecule has 0 N–H and O–H groups in total. The number of fused-ring (bicyclic) bond motifs is 2. The molecule has 0 atom stereocenters. The molecule has 7 heteroatoms. The molecular weight excluding hydrogens is 366 g/mol. The quantitative estimate of drug-likeness (QED) is 0.536. The lowest BCUT2D eigenvalue weighted by Gasteiger charge is -2.24. The molecule has 0 spiro atoms. The van der Waals surface area contributed by atoms with Crippen LogP contribution in [0.25, 0.3) is 16.8 Å². The smallest absolute Gasteiger partial charge is 0.229 e. The average molecular weight is 389 g/mol. The van der Waals surface area contributed by atoms with Crippen LogP contribution >= 0.6 is 0 Å². The molecular formula is C22H23N5O2. The fourth-order valence-electron chi connectivity index (χ4n) is 3.91. The Hall–Kier alpha value is -3.35. The van der Waals surface area contributed by atoms with Crippen LogP contribution in [-0.2, 0) is 29.8 Å². The number of rotatable bonds is 3. The second kappa shape index (κ2) is 6.34. The van der Waals surface area contributed by atoms with Gasteiger partial charge in [0.2, 0.25) is 5.91 Å². The summed E-state index contributed by atoms with van der Waals surface area (Å²) in [6, 6.07) is 11.6. The van der Waals surface area contributed by atoms with Gasteiger partial charge in [-0.2, -0.15) is 5.10 Å². The number of amides is 1. The van der Waals surface area contributed by atoms with Crippen LogP contribution in [-0.4, -0.2) is 30.3 Å². The number of para-hydroxylation sites is 1. The summed E-state index contributed by atoms with van der Waals surface area (Å²) in [5, 5.41) is 9.86. The molecule has 1 aliphatic rings. The topological polar surface area (TPSA) is 69.1 Å². The van der Waals surface area contributed by atoms with Crippen LogP contribution in [0.1, 0.15) is 37.7 Å². The van der Waals surface area contributed by atoms with Crippen LogP contribution in [0.15, 0.2) is 53.3 Å². The van der Waals surface area contributed by atoms with E-state index in [0.29, 0.717) is 24.4 Å². The number of carbonyl (C=O) groups excluding carboxylic acids is 1. The van der Waals surface area contributed by atoms with Gasteiger partial charge in [0.25, 0.3) is 0 Å². The number of aromatic nitrogens is 4. The first-order chi connectivity index (χ1) is 13.9. The van der Waals surface area contributed by atoms with Crippen molar-refractivity contribution in [1.29, 1.82) is 0 Å².